The van der Waals surface area contributed by atoms with E-state index in [9.17, 15) is 22.8 Å². The minimum Gasteiger partial charge on any atom is -0.494 e. The summed E-state index contributed by atoms with van der Waals surface area (Å²) in [5.74, 6) is -1.25. The van der Waals surface area contributed by atoms with Gasteiger partial charge in [0.2, 0.25) is 0 Å². The monoisotopic (exact) mass is 496 g/mol. The Morgan fingerprint density at radius 3 is 2.06 bits per heavy atom. The zero-order valence-corrected chi connectivity index (χ0v) is 19.9. The van der Waals surface area contributed by atoms with Crippen LogP contribution in [0.1, 0.15) is 34.6 Å². The lowest BCUT2D eigenvalue weighted by Crippen LogP contribution is -2.23. The van der Waals surface area contributed by atoms with Gasteiger partial charge in [0, 0.05) is 5.56 Å². The maximum atomic E-state index is 12.8. The molecule has 182 valence electrons. The first-order chi connectivity index (χ1) is 16.7. The average molecular weight is 497 g/mol. The van der Waals surface area contributed by atoms with Crippen molar-refractivity contribution in [3.05, 3.63) is 83.9 Å². The van der Waals surface area contributed by atoms with Crippen LogP contribution < -0.4 is 14.8 Å². The summed E-state index contributed by atoms with van der Waals surface area (Å²) in [4.78, 5) is 36.6. The standard InChI is InChI=1S/C25H24N2O7S/c1-3-33-18-12-14-19(15-13-18)35(31,32)27-23-11-7-5-9-21(23)25(30)34-16-24(29)26-22-10-6-4-8-20(22)17(2)28/h4-15,27H,3,16H2,1-2H3,(H,26,29). The fraction of sp³-hybridized carbons (Fsp3) is 0.160. The summed E-state index contributed by atoms with van der Waals surface area (Å²) < 4.78 is 38.4. The van der Waals surface area contributed by atoms with Crippen LogP contribution in [0.5, 0.6) is 5.75 Å². The molecule has 2 N–H and O–H groups in total. The van der Waals surface area contributed by atoms with Crippen molar-refractivity contribution in [1.82, 2.24) is 0 Å². The molecule has 0 bridgehead atoms. The van der Waals surface area contributed by atoms with Crippen LogP contribution in [-0.2, 0) is 19.6 Å². The van der Waals surface area contributed by atoms with E-state index >= 15 is 0 Å². The molecule has 0 aliphatic heterocycles. The van der Waals surface area contributed by atoms with Crippen molar-refractivity contribution < 1.29 is 32.3 Å². The van der Waals surface area contributed by atoms with Crippen molar-refractivity contribution in [1.29, 1.82) is 0 Å². The molecule has 0 radical (unpaired) electrons. The van der Waals surface area contributed by atoms with E-state index in [-0.39, 0.29) is 21.9 Å². The number of anilines is 2. The van der Waals surface area contributed by atoms with E-state index in [1.807, 2.05) is 6.92 Å². The summed E-state index contributed by atoms with van der Waals surface area (Å²) in [6.07, 6.45) is 0. The van der Waals surface area contributed by atoms with Crippen LogP contribution in [0, 0.1) is 0 Å². The summed E-state index contributed by atoms with van der Waals surface area (Å²) >= 11 is 0. The van der Waals surface area contributed by atoms with Gasteiger partial charge in [-0.3, -0.25) is 14.3 Å². The molecular formula is C25H24N2O7S. The second-order valence-electron chi connectivity index (χ2n) is 7.28. The van der Waals surface area contributed by atoms with Gasteiger partial charge in [0.25, 0.3) is 15.9 Å². The quantitative estimate of drug-likeness (QED) is 0.322. The lowest BCUT2D eigenvalue weighted by Gasteiger charge is -2.13. The highest BCUT2D eigenvalue weighted by atomic mass is 32.2. The molecule has 9 nitrogen and oxygen atoms in total. The molecule has 0 saturated heterocycles. The van der Waals surface area contributed by atoms with Crippen molar-refractivity contribution in [2.75, 3.05) is 23.3 Å². The number of benzene rings is 3. The number of hydrogen-bond acceptors (Lipinski definition) is 7. The van der Waals surface area contributed by atoms with Crippen LogP contribution in [0.2, 0.25) is 0 Å². The van der Waals surface area contributed by atoms with E-state index in [2.05, 4.69) is 10.0 Å². The van der Waals surface area contributed by atoms with Gasteiger partial charge < -0.3 is 14.8 Å². The van der Waals surface area contributed by atoms with Crippen molar-refractivity contribution in [3.63, 3.8) is 0 Å². The Hall–Kier alpha value is -4.18. The second kappa shape index (κ2) is 11.3. The average Bonchev–Trinajstić information content (AvgIpc) is 2.83. The third-order valence-corrected chi connectivity index (χ3v) is 6.13. The Labute approximate surface area is 203 Å². The van der Waals surface area contributed by atoms with Gasteiger partial charge in [0.05, 0.1) is 28.4 Å². The minimum atomic E-state index is -4.01. The topological polar surface area (TPSA) is 128 Å². The molecule has 0 heterocycles. The molecule has 1 amide bonds. The molecule has 3 aromatic rings. The predicted molar refractivity (Wildman–Crippen MR) is 130 cm³/mol. The van der Waals surface area contributed by atoms with Crippen LogP contribution in [0.3, 0.4) is 0 Å². The number of para-hydroxylation sites is 2. The van der Waals surface area contributed by atoms with Crippen molar-refractivity contribution in [2.45, 2.75) is 18.7 Å². The largest absolute Gasteiger partial charge is 0.494 e. The molecule has 10 heteroatoms. The van der Waals surface area contributed by atoms with Gasteiger partial charge in [0.15, 0.2) is 12.4 Å². The number of ether oxygens (including phenoxy) is 2. The van der Waals surface area contributed by atoms with Gasteiger partial charge in [-0.05, 0) is 62.4 Å². The van der Waals surface area contributed by atoms with E-state index in [4.69, 9.17) is 9.47 Å². The SMILES string of the molecule is CCOc1ccc(S(=O)(=O)Nc2ccccc2C(=O)OCC(=O)Nc2ccccc2C(C)=O)cc1. The lowest BCUT2D eigenvalue weighted by molar-refractivity contribution is -0.119. The van der Waals surface area contributed by atoms with Gasteiger partial charge in [-0.2, -0.15) is 0 Å². The first-order valence-corrected chi connectivity index (χ1v) is 12.1. The highest BCUT2D eigenvalue weighted by molar-refractivity contribution is 7.92. The van der Waals surface area contributed by atoms with Crippen LogP contribution in [0.4, 0.5) is 11.4 Å². The highest BCUT2D eigenvalue weighted by Crippen LogP contribution is 2.23. The van der Waals surface area contributed by atoms with E-state index in [1.165, 1.54) is 49.4 Å². The zero-order valence-electron chi connectivity index (χ0n) is 19.1. The van der Waals surface area contributed by atoms with E-state index in [1.54, 1.807) is 30.3 Å². The number of carbonyl (C=O) groups is 3. The first kappa shape index (κ1) is 25.4. The van der Waals surface area contributed by atoms with E-state index in [0.29, 0.717) is 23.6 Å². The first-order valence-electron chi connectivity index (χ1n) is 10.6. The zero-order chi connectivity index (χ0) is 25.4. The van der Waals surface area contributed by atoms with Crippen molar-refractivity contribution in [3.8, 4) is 5.75 Å². The molecule has 0 spiro atoms. The van der Waals surface area contributed by atoms with Gasteiger partial charge in [-0.25, -0.2) is 13.2 Å². The summed E-state index contributed by atoms with van der Waals surface area (Å²) in [5, 5.41) is 2.53. The second-order valence-corrected chi connectivity index (χ2v) is 8.96. The number of hydrogen-bond donors (Lipinski definition) is 2. The Morgan fingerprint density at radius 2 is 1.43 bits per heavy atom. The summed E-state index contributed by atoms with van der Waals surface area (Å²) in [7, 11) is -4.01. The maximum absolute atomic E-state index is 12.8. The van der Waals surface area contributed by atoms with Crippen molar-refractivity contribution >= 4 is 39.1 Å². The molecule has 0 aliphatic rings. The van der Waals surface area contributed by atoms with E-state index < -0.39 is 28.5 Å². The number of ketones is 1. The molecule has 0 unspecified atom stereocenters. The van der Waals surface area contributed by atoms with Gasteiger partial charge >= 0.3 is 5.97 Å². The fourth-order valence-electron chi connectivity index (χ4n) is 3.13. The van der Waals surface area contributed by atoms with Gasteiger partial charge in [0.1, 0.15) is 5.75 Å². The molecule has 3 rings (SSSR count). The molecular weight excluding hydrogens is 472 g/mol. The molecule has 3 aromatic carbocycles. The minimum absolute atomic E-state index is 0.00582. The van der Waals surface area contributed by atoms with Crippen LogP contribution >= 0.6 is 0 Å². The molecule has 0 atom stereocenters. The molecule has 35 heavy (non-hydrogen) atoms. The third kappa shape index (κ3) is 6.67. The van der Waals surface area contributed by atoms with Crippen molar-refractivity contribution in [2.24, 2.45) is 0 Å². The number of nitrogens with one attached hydrogen (secondary N) is 2. The maximum Gasteiger partial charge on any atom is 0.340 e. The lowest BCUT2D eigenvalue weighted by atomic mass is 10.1. The highest BCUT2D eigenvalue weighted by Gasteiger charge is 2.20. The normalized spacial score (nSPS) is 10.8. The smallest absolute Gasteiger partial charge is 0.340 e. The predicted octanol–water partition coefficient (Wildman–Crippen LogP) is 3.88. The Balaban J connectivity index is 1.69. The van der Waals surface area contributed by atoms with Gasteiger partial charge in [-0.15, -0.1) is 0 Å². The number of rotatable bonds is 10. The Morgan fingerprint density at radius 1 is 0.829 bits per heavy atom. The number of amides is 1. The number of sulfonamides is 1. The fourth-order valence-corrected chi connectivity index (χ4v) is 4.21. The number of carbonyl (C=O) groups excluding carboxylic acids is 3. The molecule has 0 aliphatic carbocycles. The van der Waals surface area contributed by atoms with Crippen LogP contribution in [-0.4, -0.2) is 39.3 Å². The Bertz CT molecular complexity index is 1340. The summed E-state index contributed by atoms with van der Waals surface area (Å²) in [6, 6.07) is 18.1. The Kier molecular flexibility index (Phi) is 8.21. The van der Waals surface area contributed by atoms with Crippen LogP contribution in [0.25, 0.3) is 0 Å². The van der Waals surface area contributed by atoms with Gasteiger partial charge in [-0.1, -0.05) is 24.3 Å². The number of esters is 1. The summed E-state index contributed by atoms with van der Waals surface area (Å²) in [6.45, 7) is 3.00. The molecule has 0 fully saturated rings. The van der Waals surface area contributed by atoms with Crippen LogP contribution in [0.15, 0.2) is 77.7 Å². The summed E-state index contributed by atoms with van der Waals surface area (Å²) in [5.41, 5.74) is 0.540. The molecule has 0 saturated carbocycles. The third-order valence-electron chi connectivity index (χ3n) is 4.75. The number of Topliss-reactive ketones (excluding diaryl/α,β-unsaturated/α-hetero) is 1. The molecule has 0 aromatic heterocycles. The van der Waals surface area contributed by atoms with E-state index in [0.717, 1.165) is 0 Å².